The highest BCUT2D eigenvalue weighted by molar-refractivity contribution is 5.96. The monoisotopic (exact) mass is 357 g/mol. The van der Waals surface area contributed by atoms with Crippen molar-refractivity contribution in [3.63, 3.8) is 0 Å². The Labute approximate surface area is 157 Å². The van der Waals surface area contributed by atoms with Gasteiger partial charge in [-0.25, -0.2) is 0 Å². The zero-order valence-electron chi connectivity index (χ0n) is 15.1. The fraction of sp³-hybridized carbons (Fsp3) is 0.227. The van der Waals surface area contributed by atoms with Gasteiger partial charge in [-0.05, 0) is 43.2 Å². The van der Waals surface area contributed by atoms with Crippen molar-refractivity contribution in [3.05, 3.63) is 60.7 Å². The van der Waals surface area contributed by atoms with Gasteiger partial charge in [-0.2, -0.15) is 0 Å². The Morgan fingerprint density at radius 2 is 1.85 bits per heavy atom. The van der Waals surface area contributed by atoms with Crippen LogP contribution in [-0.2, 0) is 4.79 Å². The fourth-order valence-corrected chi connectivity index (χ4v) is 4.05. The number of benzene rings is 1. The van der Waals surface area contributed by atoms with E-state index >= 15 is 0 Å². The van der Waals surface area contributed by atoms with Crippen molar-refractivity contribution >= 4 is 11.6 Å². The van der Waals surface area contributed by atoms with Crippen molar-refractivity contribution in [2.45, 2.75) is 25.9 Å². The molecule has 3 aromatic rings. The Morgan fingerprint density at radius 3 is 2.63 bits per heavy atom. The number of hydrogen-bond donors (Lipinski definition) is 0. The predicted molar refractivity (Wildman–Crippen MR) is 104 cm³/mol. The molecule has 0 bridgehead atoms. The number of fused-ring (bicyclic) bond motifs is 3. The first-order chi connectivity index (χ1) is 13.2. The summed E-state index contributed by atoms with van der Waals surface area (Å²) < 4.78 is 6.27. The van der Waals surface area contributed by atoms with E-state index in [2.05, 4.69) is 16.9 Å². The molecule has 2 aliphatic rings. The maximum absolute atomic E-state index is 12.1. The number of aromatic nitrogens is 2. The lowest BCUT2D eigenvalue weighted by Gasteiger charge is -2.29. The topological polar surface area (TPSA) is 55.3 Å². The highest BCUT2D eigenvalue weighted by atomic mass is 16.5. The maximum Gasteiger partial charge on any atom is 0.227 e. The van der Waals surface area contributed by atoms with E-state index in [0.29, 0.717) is 6.42 Å². The molecule has 5 rings (SSSR count). The summed E-state index contributed by atoms with van der Waals surface area (Å²) in [4.78, 5) is 22.5. The van der Waals surface area contributed by atoms with Crippen LogP contribution in [0.4, 0.5) is 5.69 Å². The van der Waals surface area contributed by atoms with Crippen LogP contribution in [0.15, 0.2) is 55.1 Å². The Morgan fingerprint density at radius 1 is 1.04 bits per heavy atom. The van der Waals surface area contributed by atoms with Gasteiger partial charge in [0.2, 0.25) is 5.91 Å². The molecule has 0 spiro atoms. The van der Waals surface area contributed by atoms with Crippen molar-refractivity contribution in [2.75, 3.05) is 11.4 Å². The number of nitrogens with zero attached hydrogens (tertiary/aromatic N) is 3. The molecule has 5 heteroatoms. The Hall–Kier alpha value is -3.21. The van der Waals surface area contributed by atoms with Crippen LogP contribution in [0.2, 0.25) is 0 Å². The minimum absolute atomic E-state index is 0.108. The molecule has 134 valence electrons. The second-order valence-electron chi connectivity index (χ2n) is 6.97. The predicted octanol–water partition coefficient (Wildman–Crippen LogP) is 4.39. The number of rotatable bonds is 2. The summed E-state index contributed by atoms with van der Waals surface area (Å²) in [5.74, 6) is 0.988. The summed E-state index contributed by atoms with van der Waals surface area (Å²) in [6.45, 7) is 2.83. The number of carbonyl (C=O) groups excluding carboxylic acids is 1. The molecule has 0 saturated carbocycles. The Kier molecular flexibility index (Phi) is 3.67. The van der Waals surface area contributed by atoms with Crippen LogP contribution in [-0.4, -0.2) is 22.4 Å². The summed E-state index contributed by atoms with van der Waals surface area (Å²) in [6, 6.07) is 10.0. The molecule has 1 unspecified atom stereocenters. The minimum Gasteiger partial charge on any atom is -0.485 e. The van der Waals surface area contributed by atoms with Crippen LogP contribution in [0.1, 0.15) is 31.4 Å². The smallest absolute Gasteiger partial charge is 0.227 e. The third kappa shape index (κ3) is 2.58. The normalized spacial score (nSPS) is 18.0. The lowest BCUT2D eigenvalue weighted by Crippen LogP contribution is -2.24. The van der Waals surface area contributed by atoms with Crippen molar-refractivity contribution in [3.8, 4) is 28.0 Å². The summed E-state index contributed by atoms with van der Waals surface area (Å²) >= 11 is 0. The molecule has 27 heavy (non-hydrogen) atoms. The van der Waals surface area contributed by atoms with E-state index in [1.807, 2.05) is 47.6 Å². The van der Waals surface area contributed by atoms with Crippen molar-refractivity contribution in [2.24, 2.45) is 0 Å². The lowest BCUT2D eigenvalue weighted by atomic mass is 9.89. The van der Waals surface area contributed by atoms with Crippen LogP contribution < -0.4 is 9.64 Å². The Balaban J connectivity index is 1.63. The van der Waals surface area contributed by atoms with Crippen molar-refractivity contribution < 1.29 is 9.53 Å². The molecule has 1 saturated heterocycles. The van der Waals surface area contributed by atoms with Gasteiger partial charge in [0, 0.05) is 71.8 Å². The molecule has 1 aromatic carbocycles. The molecule has 0 radical (unpaired) electrons. The molecule has 5 nitrogen and oxygen atoms in total. The van der Waals surface area contributed by atoms with Crippen molar-refractivity contribution in [1.29, 1.82) is 0 Å². The van der Waals surface area contributed by atoms with Gasteiger partial charge in [0.05, 0.1) is 0 Å². The average molecular weight is 357 g/mol. The number of hydrogen-bond acceptors (Lipinski definition) is 4. The highest BCUT2D eigenvalue weighted by Crippen LogP contribution is 2.46. The number of anilines is 1. The van der Waals surface area contributed by atoms with E-state index in [4.69, 9.17) is 4.74 Å². The first-order valence-corrected chi connectivity index (χ1v) is 9.22. The standard InChI is InChI=1S/C22H19N3O2/c1-14-22-18(15-6-8-23-9-7-15)12-24-13-19(22)17-5-4-16(11-20(17)27-14)25-10-2-3-21(25)26/h4-9,11-14H,2-3,10H2,1H3. The van der Waals surface area contributed by atoms with E-state index in [-0.39, 0.29) is 12.0 Å². The van der Waals surface area contributed by atoms with Gasteiger partial charge in [0.25, 0.3) is 0 Å². The fourth-order valence-electron chi connectivity index (χ4n) is 4.05. The summed E-state index contributed by atoms with van der Waals surface area (Å²) in [6.07, 6.45) is 8.79. The zero-order chi connectivity index (χ0) is 18.4. The molecule has 0 N–H and O–H groups in total. The highest BCUT2D eigenvalue weighted by Gasteiger charge is 2.28. The van der Waals surface area contributed by atoms with E-state index in [1.165, 1.54) is 0 Å². The van der Waals surface area contributed by atoms with E-state index < -0.39 is 0 Å². The van der Waals surface area contributed by atoms with Gasteiger partial charge < -0.3 is 9.64 Å². The second-order valence-corrected chi connectivity index (χ2v) is 6.97. The third-order valence-electron chi connectivity index (χ3n) is 5.33. The first kappa shape index (κ1) is 16.0. The molecular formula is C22H19N3O2. The maximum atomic E-state index is 12.1. The Bertz CT molecular complexity index is 1030. The molecule has 1 atom stereocenters. The van der Waals surface area contributed by atoms with E-state index in [9.17, 15) is 4.79 Å². The third-order valence-corrected chi connectivity index (χ3v) is 5.33. The van der Waals surface area contributed by atoms with Gasteiger partial charge in [-0.1, -0.05) is 0 Å². The summed E-state index contributed by atoms with van der Waals surface area (Å²) in [5.41, 5.74) is 6.28. The van der Waals surface area contributed by atoms with Crippen LogP contribution in [0, 0.1) is 0 Å². The summed E-state index contributed by atoms with van der Waals surface area (Å²) in [5, 5.41) is 0. The van der Waals surface area contributed by atoms with Crippen LogP contribution in [0.5, 0.6) is 5.75 Å². The van der Waals surface area contributed by atoms with Crippen molar-refractivity contribution in [1.82, 2.24) is 9.97 Å². The molecular weight excluding hydrogens is 338 g/mol. The molecule has 0 aliphatic carbocycles. The largest absolute Gasteiger partial charge is 0.485 e. The minimum atomic E-state index is -0.108. The number of amides is 1. The second kappa shape index (κ2) is 6.20. The van der Waals surface area contributed by atoms with Gasteiger partial charge in [0.15, 0.2) is 0 Å². The van der Waals surface area contributed by atoms with Gasteiger partial charge >= 0.3 is 0 Å². The summed E-state index contributed by atoms with van der Waals surface area (Å²) in [7, 11) is 0. The zero-order valence-corrected chi connectivity index (χ0v) is 15.1. The average Bonchev–Trinajstić information content (AvgIpc) is 3.14. The SMILES string of the molecule is CC1Oc2cc(N3CCCC3=O)ccc2-c2cncc(-c3ccncc3)c21. The van der Waals surface area contributed by atoms with E-state index in [1.54, 1.807) is 12.4 Å². The van der Waals surface area contributed by atoms with Gasteiger partial charge in [-0.3, -0.25) is 14.8 Å². The number of carbonyl (C=O) groups is 1. The van der Waals surface area contributed by atoms with Crippen LogP contribution in [0.25, 0.3) is 22.3 Å². The van der Waals surface area contributed by atoms with Gasteiger partial charge in [-0.15, -0.1) is 0 Å². The number of pyridine rings is 2. The lowest BCUT2D eigenvalue weighted by molar-refractivity contribution is -0.117. The molecule has 1 fully saturated rings. The van der Waals surface area contributed by atoms with Gasteiger partial charge in [0.1, 0.15) is 11.9 Å². The molecule has 2 aliphatic heterocycles. The quantitative estimate of drug-likeness (QED) is 0.682. The van der Waals surface area contributed by atoms with Crippen LogP contribution >= 0.6 is 0 Å². The molecule has 4 heterocycles. The van der Waals surface area contributed by atoms with Crippen LogP contribution in [0.3, 0.4) is 0 Å². The first-order valence-electron chi connectivity index (χ1n) is 9.22. The molecule has 1 amide bonds. The molecule has 2 aromatic heterocycles. The van der Waals surface area contributed by atoms with E-state index in [0.717, 1.165) is 52.2 Å². The number of ether oxygens (including phenoxy) is 1.